The molecule has 0 aromatic carbocycles. The van der Waals surface area contributed by atoms with Crippen LogP contribution in [0.1, 0.15) is 27.2 Å². The first-order valence-electron chi connectivity index (χ1n) is 7.18. The smallest absolute Gasteiger partial charge is 0.338 e. The van der Waals surface area contributed by atoms with Crippen molar-refractivity contribution in [2.24, 2.45) is 0 Å². The van der Waals surface area contributed by atoms with E-state index in [-0.39, 0.29) is 16.3 Å². The fourth-order valence-corrected chi connectivity index (χ4v) is 6.25. The highest BCUT2D eigenvalue weighted by Crippen LogP contribution is 2.36. The standard InChI is InChI=1S/C13H18N2O5S2/c16-12(17)11-9-2-3-14-8-10(9)21-13(11)22(18,19)15-4-1-6-20-7-5-15/h14H,1-8H2,(H,16,17). The number of fused-ring (bicyclic) bond motifs is 1. The summed E-state index contributed by atoms with van der Waals surface area (Å²) in [5.74, 6) is -1.16. The highest BCUT2D eigenvalue weighted by Gasteiger charge is 2.35. The first-order valence-corrected chi connectivity index (χ1v) is 9.44. The van der Waals surface area contributed by atoms with Gasteiger partial charge in [0.2, 0.25) is 0 Å². The molecule has 0 radical (unpaired) electrons. The Hall–Kier alpha value is -1.00. The Morgan fingerprint density at radius 1 is 1.32 bits per heavy atom. The van der Waals surface area contributed by atoms with Gasteiger partial charge >= 0.3 is 5.97 Å². The van der Waals surface area contributed by atoms with Gasteiger partial charge < -0.3 is 15.2 Å². The fraction of sp³-hybridized carbons (Fsp3) is 0.615. The molecule has 1 aromatic heterocycles. The molecule has 1 saturated heterocycles. The number of aromatic carboxylic acids is 1. The average Bonchev–Trinajstić information content (AvgIpc) is 2.67. The maximum atomic E-state index is 12.9. The fourth-order valence-electron chi connectivity index (χ4n) is 2.79. The Bertz CT molecular complexity index is 675. The van der Waals surface area contributed by atoms with Crippen LogP contribution in [0.2, 0.25) is 0 Å². The minimum absolute atomic E-state index is 0.0319. The van der Waals surface area contributed by atoms with Crippen LogP contribution in [-0.2, 0) is 27.7 Å². The molecule has 2 aliphatic heterocycles. The predicted molar refractivity (Wildman–Crippen MR) is 80.9 cm³/mol. The summed E-state index contributed by atoms with van der Waals surface area (Å²) in [6.07, 6.45) is 1.17. The first kappa shape index (κ1) is 15.9. The van der Waals surface area contributed by atoms with Gasteiger partial charge in [0.15, 0.2) is 0 Å². The monoisotopic (exact) mass is 346 g/mol. The number of nitrogens with one attached hydrogen (secondary N) is 1. The maximum absolute atomic E-state index is 12.9. The number of nitrogens with zero attached hydrogens (tertiary/aromatic N) is 1. The molecule has 3 rings (SSSR count). The lowest BCUT2D eigenvalue weighted by Gasteiger charge is -2.18. The zero-order valence-electron chi connectivity index (χ0n) is 12.0. The zero-order valence-corrected chi connectivity index (χ0v) is 13.6. The van der Waals surface area contributed by atoms with Gasteiger partial charge in [-0.1, -0.05) is 0 Å². The van der Waals surface area contributed by atoms with Crippen LogP contribution in [0.4, 0.5) is 0 Å². The van der Waals surface area contributed by atoms with Gasteiger partial charge in [0.05, 0.1) is 12.2 Å². The largest absolute Gasteiger partial charge is 0.478 e. The number of hydrogen-bond acceptors (Lipinski definition) is 6. The second-order valence-corrected chi connectivity index (χ2v) is 8.51. The van der Waals surface area contributed by atoms with Crippen LogP contribution in [0.3, 0.4) is 0 Å². The molecule has 7 nitrogen and oxygen atoms in total. The van der Waals surface area contributed by atoms with Gasteiger partial charge in [0.1, 0.15) is 4.21 Å². The number of hydrogen-bond donors (Lipinski definition) is 2. The highest BCUT2D eigenvalue weighted by molar-refractivity contribution is 7.91. The number of carboxylic acids is 1. The second-order valence-electron chi connectivity index (χ2n) is 5.27. The lowest BCUT2D eigenvalue weighted by atomic mass is 10.1. The zero-order chi connectivity index (χ0) is 15.7. The molecule has 0 bridgehead atoms. The number of thiophene rings is 1. The van der Waals surface area contributed by atoms with E-state index in [0.29, 0.717) is 51.3 Å². The summed E-state index contributed by atoms with van der Waals surface area (Å²) in [5.41, 5.74) is 0.632. The van der Waals surface area contributed by atoms with Crippen molar-refractivity contribution in [3.8, 4) is 0 Å². The number of rotatable bonds is 3. The van der Waals surface area contributed by atoms with Crippen molar-refractivity contribution in [1.29, 1.82) is 0 Å². The normalized spacial score (nSPS) is 20.4. The van der Waals surface area contributed by atoms with Gasteiger partial charge in [0.25, 0.3) is 10.0 Å². The van der Waals surface area contributed by atoms with Crippen LogP contribution in [0, 0.1) is 0 Å². The van der Waals surface area contributed by atoms with Crippen LogP contribution < -0.4 is 5.32 Å². The Kier molecular flexibility index (Phi) is 4.51. The summed E-state index contributed by atoms with van der Waals surface area (Å²) >= 11 is 1.08. The van der Waals surface area contributed by atoms with E-state index in [1.807, 2.05) is 0 Å². The third kappa shape index (κ3) is 2.79. The van der Waals surface area contributed by atoms with Crippen LogP contribution in [-0.4, -0.2) is 56.6 Å². The van der Waals surface area contributed by atoms with E-state index in [1.54, 1.807) is 0 Å². The van der Waals surface area contributed by atoms with Gasteiger partial charge in [-0.2, -0.15) is 4.31 Å². The average molecular weight is 346 g/mol. The van der Waals surface area contributed by atoms with E-state index in [9.17, 15) is 18.3 Å². The molecule has 22 heavy (non-hydrogen) atoms. The molecule has 0 aliphatic carbocycles. The number of sulfonamides is 1. The van der Waals surface area contributed by atoms with Gasteiger partial charge in [-0.05, 0) is 24.9 Å². The van der Waals surface area contributed by atoms with Crippen molar-refractivity contribution in [2.45, 2.75) is 23.6 Å². The van der Waals surface area contributed by atoms with E-state index < -0.39 is 16.0 Å². The molecule has 3 heterocycles. The van der Waals surface area contributed by atoms with E-state index >= 15 is 0 Å². The van der Waals surface area contributed by atoms with Crippen molar-refractivity contribution in [2.75, 3.05) is 32.8 Å². The van der Waals surface area contributed by atoms with Gasteiger partial charge in [-0.25, -0.2) is 13.2 Å². The van der Waals surface area contributed by atoms with Crippen LogP contribution in [0.5, 0.6) is 0 Å². The predicted octanol–water partition coefficient (Wildman–Crippen LogP) is 0.503. The van der Waals surface area contributed by atoms with Gasteiger partial charge in [0, 0.05) is 31.1 Å². The van der Waals surface area contributed by atoms with Crippen molar-refractivity contribution >= 4 is 27.3 Å². The molecule has 0 spiro atoms. The molecular weight excluding hydrogens is 328 g/mol. The van der Waals surface area contributed by atoms with Crippen molar-refractivity contribution in [3.05, 3.63) is 16.0 Å². The number of carbonyl (C=O) groups is 1. The SMILES string of the molecule is O=C(O)c1c(S(=O)(=O)N2CCCOCC2)sc2c1CCNC2. The van der Waals surface area contributed by atoms with Crippen LogP contribution in [0.25, 0.3) is 0 Å². The summed E-state index contributed by atoms with van der Waals surface area (Å²) in [4.78, 5) is 12.4. The van der Waals surface area contributed by atoms with E-state index in [4.69, 9.17) is 4.74 Å². The summed E-state index contributed by atoms with van der Waals surface area (Å²) in [6.45, 7) is 2.70. The Labute approximate surface area is 132 Å². The third-order valence-corrected chi connectivity index (χ3v) is 7.49. The maximum Gasteiger partial charge on any atom is 0.338 e. The highest BCUT2D eigenvalue weighted by atomic mass is 32.2. The third-order valence-electron chi connectivity index (χ3n) is 3.87. The summed E-state index contributed by atoms with van der Waals surface area (Å²) in [6, 6.07) is 0. The topological polar surface area (TPSA) is 95.9 Å². The van der Waals surface area contributed by atoms with Gasteiger partial charge in [-0.3, -0.25) is 0 Å². The Morgan fingerprint density at radius 3 is 2.91 bits per heavy atom. The molecule has 0 amide bonds. The van der Waals surface area contributed by atoms with Gasteiger partial charge in [-0.15, -0.1) is 11.3 Å². The van der Waals surface area contributed by atoms with Crippen molar-refractivity contribution in [3.63, 3.8) is 0 Å². The van der Waals surface area contributed by atoms with Crippen LogP contribution in [0.15, 0.2) is 4.21 Å². The minimum atomic E-state index is -3.79. The second kappa shape index (κ2) is 6.25. The quantitative estimate of drug-likeness (QED) is 0.828. The van der Waals surface area contributed by atoms with E-state index in [0.717, 1.165) is 16.2 Å². The lowest BCUT2D eigenvalue weighted by molar-refractivity contribution is 0.0692. The number of carboxylic acid groups (broad SMARTS) is 1. The molecule has 0 saturated carbocycles. The molecule has 0 unspecified atom stereocenters. The molecule has 122 valence electrons. The summed E-state index contributed by atoms with van der Waals surface area (Å²) in [7, 11) is -3.79. The molecule has 1 fully saturated rings. The molecular formula is C13H18N2O5S2. The Balaban J connectivity index is 2.06. The Morgan fingerprint density at radius 2 is 2.14 bits per heavy atom. The summed E-state index contributed by atoms with van der Waals surface area (Å²) in [5, 5.41) is 12.7. The lowest BCUT2D eigenvalue weighted by Crippen LogP contribution is -2.33. The molecule has 2 N–H and O–H groups in total. The molecule has 2 aliphatic rings. The number of ether oxygens (including phenoxy) is 1. The van der Waals surface area contributed by atoms with Crippen molar-refractivity contribution in [1.82, 2.24) is 9.62 Å². The van der Waals surface area contributed by atoms with Crippen molar-refractivity contribution < 1.29 is 23.1 Å². The first-order chi connectivity index (χ1) is 10.5. The summed E-state index contributed by atoms with van der Waals surface area (Å²) < 4.78 is 32.4. The van der Waals surface area contributed by atoms with E-state index in [2.05, 4.69) is 5.32 Å². The molecule has 1 aromatic rings. The molecule has 0 atom stereocenters. The molecule has 9 heteroatoms. The minimum Gasteiger partial charge on any atom is -0.478 e. The van der Waals surface area contributed by atoms with Crippen LogP contribution >= 0.6 is 11.3 Å². The van der Waals surface area contributed by atoms with E-state index in [1.165, 1.54) is 4.31 Å².